The van der Waals surface area contributed by atoms with E-state index in [0.717, 1.165) is 32.5 Å². The molecule has 0 aromatic carbocycles. The molecular weight excluding hydrogens is 216 g/mol. The summed E-state index contributed by atoms with van der Waals surface area (Å²) in [6.07, 6.45) is 3.29. The molecule has 0 radical (unpaired) electrons. The summed E-state index contributed by atoms with van der Waals surface area (Å²) in [5, 5.41) is 3.38. The maximum atomic E-state index is 12.1. The Morgan fingerprint density at radius 3 is 2.71 bits per heavy atom. The van der Waals surface area contributed by atoms with Crippen molar-refractivity contribution >= 4 is 6.09 Å². The fourth-order valence-corrected chi connectivity index (χ4v) is 2.84. The Morgan fingerprint density at radius 2 is 2.12 bits per heavy atom. The van der Waals surface area contributed by atoms with E-state index < -0.39 is 5.60 Å². The number of hydrogen-bond acceptors (Lipinski definition) is 3. The summed E-state index contributed by atoms with van der Waals surface area (Å²) >= 11 is 0. The molecule has 4 heteroatoms. The Labute approximate surface area is 104 Å². The smallest absolute Gasteiger partial charge is 0.410 e. The van der Waals surface area contributed by atoms with Crippen LogP contribution in [0.2, 0.25) is 0 Å². The zero-order valence-electron chi connectivity index (χ0n) is 11.2. The van der Waals surface area contributed by atoms with Gasteiger partial charge in [-0.25, -0.2) is 4.79 Å². The van der Waals surface area contributed by atoms with Gasteiger partial charge in [0.25, 0.3) is 0 Å². The number of likely N-dealkylation sites (tertiary alicyclic amines) is 1. The molecule has 2 saturated heterocycles. The molecule has 1 N–H and O–H groups in total. The van der Waals surface area contributed by atoms with Crippen LogP contribution in [0.5, 0.6) is 0 Å². The fourth-order valence-electron chi connectivity index (χ4n) is 2.84. The Bertz CT molecular complexity index is 280. The zero-order chi connectivity index (χ0) is 12.5. The van der Waals surface area contributed by atoms with Crippen LogP contribution in [0.25, 0.3) is 0 Å². The molecule has 0 aliphatic carbocycles. The minimum absolute atomic E-state index is 0.132. The molecule has 2 aliphatic rings. The summed E-state index contributed by atoms with van der Waals surface area (Å²) in [5.41, 5.74) is -0.391. The topological polar surface area (TPSA) is 41.6 Å². The SMILES string of the molecule is CC(C)(C)OC(=O)N1CCCC1C1CCNC1. The maximum absolute atomic E-state index is 12.1. The van der Waals surface area contributed by atoms with Crippen LogP contribution in [-0.2, 0) is 4.74 Å². The zero-order valence-corrected chi connectivity index (χ0v) is 11.2. The largest absolute Gasteiger partial charge is 0.444 e. The first-order valence-corrected chi connectivity index (χ1v) is 6.68. The van der Waals surface area contributed by atoms with Gasteiger partial charge in [0, 0.05) is 12.6 Å². The minimum atomic E-state index is -0.391. The van der Waals surface area contributed by atoms with Crippen molar-refractivity contribution in [3.8, 4) is 0 Å². The van der Waals surface area contributed by atoms with E-state index in [-0.39, 0.29) is 6.09 Å². The van der Waals surface area contributed by atoms with Crippen molar-refractivity contribution in [2.75, 3.05) is 19.6 Å². The number of carbonyl (C=O) groups is 1. The second kappa shape index (κ2) is 4.84. The second-order valence-electron chi connectivity index (χ2n) is 6.14. The van der Waals surface area contributed by atoms with Gasteiger partial charge >= 0.3 is 6.09 Å². The lowest BCUT2D eigenvalue weighted by Gasteiger charge is -2.31. The van der Waals surface area contributed by atoms with Gasteiger partial charge in [0.15, 0.2) is 0 Å². The maximum Gasteiger partial charge on any atom is 0.410 e. The third-order valence-corrected chi connectivity index (χ3v) is 3.57. The molecule has 2 aliphatic heterocycles. The predicted octanol–water partition coefficient (Wildman–Crippen LogP) is 2.00. The lowest BCUT2D eigenvalue weighted by Crippen LogP contribution is -2.43. The van der Waals surface area contributed by atoms with Crippen LogP contribution in [0, 0.1) is 5.92 Å². The number of nitrogens with one attached hydrogen (secondary N) is 1. The Morgan fingerprint density at radius 1 is 1.35 bits per heavy atom. The van der Waals surface area contributed by atoms with Gasteiger partial charge in [-0.15, -0.1) is 0 Å². The predicted molar refractivity (Wildman–Crippen MR) is 66.9 cm³/mol. The normalized spacial score (nSPS) is 29.7. The summed E-state index contributed by atoms with van der Waals surface area (Å²) in [6, 6.07) is 0.389. The van der Waals surface area contributed by atoms with Crippen LogP contribution in [0.4, 0.5) is 4.79 Å². The standard InChI is InChI=1S/C13H24N2O2/c1-13(2,3)17-12(16)15-8-4-5-11(15)10-6-7-14-9-10/h10-11,14H,4-9H2,1-3H3. The highest BCUT2D eigenvalue weighted by Crippen LogP contribution is 2.29. The molecule has 2 atom stereocenters. The molecule has 4 nitrogen and oxygen atoms in total. The van der Waals surface area contributed by atoms with Crippen molar-refractivity contribution in [1.82, 2.24) is 10.2 Å². The van der Waals surface area contributed by atoms with Gasteiger partial charge in [-0.05, 0) is 59.0 Å². The Hall–Kier alpha value is -0.770. The summed E-state index contributed by atoms with van der Waals surface area (Å²) in [5.74, 6) is 0.616. The van der Waals surface area contributed by atoms with Crippen molar-refractivity contribution in [2.45, 2.75) is 51.7 Å². The second-order valence-corrected chi connectivity index (χ2v) is 6.14. The molecule has 2 unspecified atom stereocenters. The number of hydrogen-bond donors (Lipinski definition) is 1. The van der Waals surface area contributed by atoms with Gasteiger partial charge < -0.3 is 15.0 Å². The molecule has 0 spiro atoms. The average molecular weight is 240 g/mol. The van der Waals surface area contributed by atoms with Crippen LogP contribution in [0.15, 0.2) is 0 Å². The Kier molecular flexibility index (Phi) is 3.61. The summed E-state index contributed by atoms with van der Waals surface area (Å²) < 4.78 is 5.48. The van der Waals surface area contributed by atoms with E-state index in [9.17, 15) is 4.79 Å². The van der Waals surface area contributed by atoms with E-state index >= 15 is 0 Å². The number of nitrogens with zero attached hydrogens (tertiary/aromatic N) is 1. The molecule has 2 fully saturated rings. The van der Waals surface area contributed by atoms with E-state index in [4.69, 9.17) is 4.74 Å². The molecule has 98 valence electrons. The van der Waals surface area contributed by atoms with Gasteiger partial charge in [0.05, 0.1) is 0 Å². The molecule has 2 rings (SSSR count). The highest BCUT2D eigenvalue weighted by molar-refractivity contribution is 5.69. The van der Waals surface area contributed by atoms with E-state index in [2.05, 4.69) is 5.32 Å². The lowest BCUT2D eigenvalue weighted by atomic mass is 9.97. The molecule has 0 saturated carbocycles. The minimum Gasteiger partial charge on any atom is -0.444 e. The van der Waals surface area contributed by atoms with E-state index in [0.29, 0.717) is 12.0 Å². The van der Waals surface area contributed by atoms with Gasteiger partial charge in [-0.2, -0.15) is 0 Å². The lowest BCUT2D eigenvalue weighted by molar-refractivity contribution is 0.0184. The number of rotatable bonds is 1. The first kappa shape index (κ1) is 12.7. The first-order chi connectivity index (χ1) is 7.97. The van der Waals surface area contributed by atoms with E-state index in [1.165, 1.54) is 6.42 Å². The summed E-state index contributed by atoms with van der Waals surface area (Å²) in [4.78, 5) is 14.1. The van der Waals surface area contributed by atoms with Crippen molar-refractivity contribution in [2.24, 2.45) is 5.92 Å². The third kappa shape index (κ3) is 3.12. The molecule has 0 aromatic heterocycles. The van der Waals surface area contributed by atoms with Crippen molar-refractivity contribution in [1.29, 1.82) is 0 Å². The van der Waals surface area contributed by atoms with Crippen molar-refractivity contribution in [3.63, 3.8) is 0 Å². The monoisotopic (exact) mass is 240 g/mol. The van der Waals surface area contributed by atoms with Crippen LogP contribution >= 0.6 is 0 Å². The quantitative estimate of drug-likeness (QED) is 0.762. The van der Waals surface area contributed by atoms with Gasteiger partial charge in [-0.1, -0.05) is 0 Å². The highest BCUT2D eigenvalue weighted by Gasteiger charge is 2.37. The molecule has 1 amide bonds. The molecule has 0 aromatic rings. The van der Waals surface area contributed by atoms with E-state index in [1.807, 2.05) is 25.7 Å². The molecule has 0 bridgehead atoms. The van der Waals surface area contributed by atoms with Gasteiger partial charge in [0.2, 0.25) is 0 Å². The average Bonchev–Trinajstić information content (AvgIpc) is 2.85. The first-order valence-electron chi connectivity index (χ1n) is 6.68. The summed E-state index contributed by atoms with van der Waals surface area (Å²) in [7, 11) is 0. The Balaban J connectivity index is 1.96. The fraction of sp³-hybridized carbons (Fsp3) is 0.923. The number of amides is 1. The molecule has 17 heavy (non-hydrogen) atoms. The van der Waals surface area contributed by atoms with Crippen LogP contribution in [-0.4, -0.2) is 42.3 Å². The highest BCUT2D eigenvalue weighted by atomic mass is 16.6. The van der Waals surface area contributed by atoms with Crippen LogP contribution < -0.4 is 5.32 Å². The van der Waals surface area contributed by atoms with Crippen LogP contribution in [0.1, 0.15) is 40.0 Å². The third-order valence-electron chi connectivity index (χ3n) is 3.57. The molecule has 2 heterocycles. The number of carbonyl (C=O) groups excluding carboxylic acids is 1. The van der Waals surface area contributed by atoms with Gasteiger partial charge in [0.1, 0.15) is 5.60 Å². The van der Waals surface area contributed by atoms with Crippen molar-refractivity contribution in [3.05, 3.63) is 0 Å². The van der Waals surface area contributed by atoms with Gasteiger partial charge in [-0.3, -0.25) is 0 Å². The van der Waals surface area contributed by atoms with Crippen LogP contribution in [0.3, 0.4) is 0 Å². The summed E-state index contributed by atoms with van der Waals surface area (Å²) in [6.45, 7) is 8.76. The number of ether oxygens (including phenoxy) is 1. The van der Waals surface area contributed by atoms with E-state index in [1.54, 1.807) is 0 Å². The molecular formula is C13H24N2O2. The van der Waals surface area contributed by atoms with Crippen molar-refractivity contribution < 1.29 is 9.53 Å².